The Balaban J connectivity index is 1.61. The van der Waals surface area contributed by atoms with Gasteiger partial charge >= 0.3 is 0 Å². The lowest BCUT2D eigenvalue weighted by Crippen LogP contribution is -2.46. The third kappa shape index (κ3) is 2.94. The number of aromatic nitrogens is 1. The summed E-state index contributed by atoms with van der Waals surface area (Å²) >= 11 is 0. The third-order valence-electron chi connectivity index (χ3n) is 4.53. The molecule has 2 heterocycles. The molecule has 0 unspecified atom stereocenters. The highest BCUT2D eigenvalue weighted by Gasteiger charge is 2.41. The number of hydrogen-bond donors (Lipinski definition) is 0. The van der Waals surface area contributed by atoms with Crippen molar-refractivity contribution in [3.8, 4) is 6.07 Å². The summed E-state index contributed by atoms with van der Waals surface area (Å²) in [5, 5.41) is 8.65. The average Bonchev–Trinajstić information content (AvgIpc) is 3.40. The molecular weight excluding hydrogens is 300 g/mol. The van der Waals surface area contributed by atoms with E-state index in [9.17, 15) is 8.42 Å². The van der Waals surface area contributed by atoms with Crippen molar-refractivity contribution in [3.63, 3.8) is 0 Å². The average molecular weight is 320 g/mol. The minimum atomic E-state index is -3.09. The molecule has 3 rings (SSSR count). The second-order valence-electron chi connectivity index (χ2n) is 6.00. The van der Waals surface area contributed by atoms with Crippen molar-refractivity contribution in [1.82, 2.24) is 9.29 Å². The predicted molar refractivity (Wildman–Crippen MR) is 83.9 cm³/mol. The Morgan fingerprint density at radius 1 is 1.27 bits per heavy atom. The molecule has 2 fully saturated rings. The van der Waals surface area contributed by atoms with Crippen molar-refractivity contribution in [2.75, 3.05) is 25.0 Å². The van der Waals surface area contributed by atoms with Crippen LogP contribution in [-0.4, -0.2) is 49.1 Å². The molecule has 0 N–H and O–H groups in total. The Kier molecular flexibility index (Phi) is 4.06. The van der Waals surface area contributed by atoms with E-state index in [1.165, 1.54) is 0 Å². The van der Waals surface area contributed by atoms with Gasteiger partial charge in [0.15, 0.2) is 0 Å². The van der Waals surface area contributed by atoms with Crippen LogP contribution >= 0.6 is 0 Å². The normalized spacial score (nSPS) is 20.1. The fourth-order valence-electron chi connectivity index (χ4n) is 2.91. The first-order valence-electron chi connectivity index (χ1n) is 7.60. The van der Waals surface area contributed by atoms with E-state index in [1.807, 2.05) is 6.07 Å². The Labute approximate surface area is 131 Å². The highest BCUT2D eigenvalue weighted by atomic mass is 32.2. The van der Waals surface area contributed by atoms with Crippen LogP contribution in [0, 0.1) is 11.3 Å². The molecule has 0 atom stereocenters. The molecule has 118 valence electrons. The van der Waals surface area contributed by atoms with Crippen LogP contribution in [0.1, 0.15) is 31.2 Å². The van der Waals surface area contributed by atoms with E-state index in [0.29, 0.717) is 5.56 Å². The van der Waals surface area contributed by atoms with E-state index in [-0.39, 0.29) is 11.3 Å². The number of nitrogens with zero attached hydrogens (tertiary/aromatic N) is 4. The number of sulfonamides is 1. The topological polar surface area (TPSA) is 77.3 Å². The minimum absolute atomic E-state index is 0.0835. The maximum Gasteiger partial charge on any atom is 0.216 e. The van der Waals surface area contributed by atoms with Crippen molar-refractivity contribution in [3.05, 3.63) is 23.9 Å². The van der Waals surface area contributed by atoms with Gasteiger partial charge in [0.25, 0.3) is 0 Å². The van der Waals surface area contributed by atoms with Gasteiger partial charge < -0.3 is 4.90 Å². The van der Waals surface area contributed by atoms with Crippen molar-refractivity contribution < 1.29 is 8.42 Å². The maximum atomic E-state index is 12.3. The lowest BCUT2D eigenvalue weighted by molar-refractivity contribution is 0.311. The van der Waals surface area contributed by atoms with Crippen molar-refractivity contribution in [1.29, 1.82) is 5.26 Å². The maximum absolute atomic E-state index is 12.3. The number of hydrogen-bond acceptors (Lipinski definition) is 5. The van der Waals surface area contributed by atoms with Crippen LogP contribution in [0.4, 0.5) is 5.82 Å². The standard InChI is InChI=1S/C15H20N4O2S/c1-18(22(20,21)14-3-4-14)13-6-8-19(9-7-13)15-5-2-12(10-16)11-17-15/h2,5,11,13-14H,3-4,6-9H2,1H3. The highest BCUT2D eigenvalue weighted by molar-refractivity contribution is 7.90. The summed E-state index contributed by atoms with van der Waals surface area (Å²) in [6.07, 6.45) is 4.81. The van der Waals surface area contributed by atoms with E-state index in [0.717, 1.165) is 44.6 Å². The Morgan fingerprint density at radius 3 is 2.45 bits per heavy atom. The molecule has 0 amide bonds. The van der Waals surface area contributed by atoms with Crippen molar-refractivity contribution in [2.45, 2.75) is 37.0 Å². The first kappa shape index (κ1) is 15.3. The summed E-state index contributed by atoms with van der Waals surface area (Å²) in [5.41, 5.74) is 0.550. The Morgan fingerprint density at radius 2 is 1.95 bits per heavy atom. The molecule has 0 radical (unpaired) electrons. The van der Waals surface area contributed by atoms with Crippen LogP contribution in [0.5, 0.6) is 0 Å². The predicted octanol–water partition coefficient (Wildman–Crippen LogP) is 1.35. The van der Waals surface area contributed by atoms with Gasteiger partial charge in [0, 0.05) is 32.4 Å². The van der Waals surface area contributed by atoms with E-state index in [1.54, 1.807) is 23.6 Å². The molecule has 0 bridgehead atoms. The van der Waals surface area contributed by atoms with Gasteiger partial charge in [-0.2, -0.15) is 5.26 Å². The molecule has 1 aromatic rings. The second-order valence-corrected chi connectivity index (χ2v) is 8.27. The van der Waals surface area contributed by atoms with Gasteiger partial charge in [-0.1, -0.05) is 0 Å². The second kappa shape index (κ2) is 5.86. The van der Waals surface area contributed by atoms with Gasteiger partial charge in [0.1, 0.15) is 11.9 Å². The smallest absolute Gasteiger partial charge is 0.216 e. The fourth-order valence-corrected chi connectivity index (χ4v) is 4.74. The molecule has 6 nitrogen and oxygen atoms in total. The molecule has 0 spiro atoms. The Bertz CT molecular complexity index is 668. The number of piperidine rings is 1. The lowest BCUT2D eigenvalue weighted by Gasteiger charge is -2.36. The van der Waals surface area contributed by atoms with Gasteiger partial charge in [-0.25, -0.2) is 17.7 Å². The lowest BCUT2D eigenvalue weighted by atomic mass is 10.1. The zero-order valence-electron chi connectivity index (χ0n) is 12.6. The first-order valence-corrected chi connectivity index (χ1v) is 9.10. The van der Waals surface area contributed by atoms with E-state index >= 15 is 0 Å². The van der Waals surface area contributed by atoms with E-state index in [4.69, 9.17) is 5.26 Å². The minimum Gasteiger partial charge on any atom is -0.357 e. The van der Waals surface area contributed by atoms with Crippen LogP contribution < -0.4 is 4.90 Å². The highest BCUT2D eigenvalue weighted by Crippen LogP contribution is 2.33. The summed E-state index contributed by atoms with van der Waals surface area (Å²) in [7, 11) is -1.38. The van der Waals surface area contributed by atoms with Crippen LogP contribution in [0.25, 0.3) is 0 Å². The SMILES string of the molecule is CN(C1CCN(c2ccc(C#N)cn2)CC1)S(=O)(=O)C1CC1. The molecule has 1 aromatic heterocycles. The van der Waals surface area contributed by atoms with Gasteiger partial charge in [-0.3, -0.25) is 0 Å². The van der Waals surface area contributed by atoms with Gasteiger partial charge in [-0.15, -0.1) is 0 Å². The van der Waals surface area contributed by atoms with Crippen LogP contribution in [0.2, 0.25) is 0 Å². The summed E-state index contributed by atoms with van der Waals surface area (Å²) in [6.45, 7) is 1.57. The molecule has 1 aliphatic carbocycles. The van der Waals surface area contributed by atoms with Crippen LogP contribution in [-0.2, 0) is 10.0 Å². The number of rotatable bonds is 4. The molecule has 2 aliphatic rings. The summed E-state index contributed by atoms with van der Waals surface area (Å²) in [6, 6.07) is 5.75. The van der Waals surface area contributed by atoms with Gasteiger partial charge in [0.2, 0.25) is 10.0 Å². The van der Waals surface area contributed by atoms with Gasteiger partial charge in [-0.05, 0) is 37.8 Å². The summed E-state index contributed by atoms with van der Waals surface area (Å²) < 4.78 is 26.2. The zero-order valence-corrected chi connectivity index (χ0v) is 13.5. The Hall–Kier alpha value is -1.65. The van der Waals surface area contributed by atoms with E-state index < -0.39 is 10.0 Å². The third-order valence-corrected chi connectivity index (χ3v) is 6.94. The number of anilines is 1. The van der Waals surface area contributed by atoms with E-state index in [2.05, 4.69) is 16.0 Å². The quantitative estimate of drug-likeness (QED) is 0.837. The summed E-state index contributed by atoms with van der Waals surface area (Å²) in [5.74, 6) is 0.852. The largest absolute Gasteiger partial charge is 0.357 e. The van der Waals surface area contributed by atoms with Crippen LogP contribution in [0.3, 0.4) is 0 Å². The zero-order chi connectivity index (χ0) is 15.7. The number of pyridine rings is 1. The molecule has 1 saturated heterocycles. The molecule has 1 aliphatic heterocycles. The molecule has 7 heteroatoms. The monoisotopic (exact) mass is 320 g/mol. The van der Waals surface area contributed by atoms with Crippen LogP contribution in [0.15, 0.2) is 18.3 Å². The molecular formula is C15H20N4O2S. The van der Waals surface area contributed by atoms with Crippen molar-refractivity contribution >= 4 is 15.8 Å². The molecule has 1 saturated carbocycles. The molecule has 22 heavy (non-hydrogen) atoms. The first-order chi connectivity index (χ1) is 10.5. The number of nitriles is 1. The fraction of sp³-hybridized carbons (Fsp3) is 0.600. The summed E-state index contributed by atoms with van der Waals surface area (Å²) in [4.78, 5) is 6.45. The van der Waals surface area contributed by atoms with Crippen molar-refractivity contribution in [2.24, 2.45) is 0 Å². The van der Waals surface area contributed by atoms with Gasteiger partial charge in [0.05, 0.1) is 10.8 Å². The molecule has 0 aromatic carbocycles.